The fourth-order valence-corrected chi connectivity index (χ4v) is 1.87. The molecule has 1 rings (SSSR count). The molecule has 1 atom stereocenters. The van der Waals surface area contributed by atoms with Gasteiger partial charge in [-0.05, 0) is 26.4 Å². The molecule has 1 unspecified atom stereocenters. The molecule has 0 fully saturated rings. The van der Waals surface area contributed by atoms with E-state index in [-0.39, 0.29) is 0 Å². The van der Waals surface area contributed by atoms with Crippen molar-refractivity contribution in [1.29, 1.82) is 0 Å². The van der Waals surface area contributed by atoms with E-state index in [0.29, 0.717) is 6.04 Å². The highest BCUT2D eigenvalue weighted by molar-refractivity contribution is 7.07. The highest BCUT2D eigenvalue weighted by Gasteiger charge is 1.99. The molecule has 0 aliphatic carbocycles. The second-order valence-corrected chi connectivity index (χ2v) is 4.12. The Balaban J connectivity index is 1.99. The molecule has 0 aliphatic heterocycles. The SMILES string of the molecule is CCNC(C)CCNCc1cscn1. The van der Waals surface area contributed by atoms with Crippen molar-refractivity contribution in [3.05, 3.63) is 16.6 Å². The third-order valence-corrected chi connectivity index (χ3v) is 2.73. The van der Waals surface area contributed by atoms with Gasteiger partial charge in [-0.15, -0.1) is 11.3 Å². The highest BCUT2D eigenvalue weighted by Crippen LogP contribution is 1.99. The molecule has 0 radical (unpaired) electrons. The number of hydrogen-bond acceptors (Lipinski definition) is 4. The molecule has 0 spiro atoms. The van der Waals surface area contributed by atoms with Crippen molar-refractivity contribution in [1.82, 2.24) is 15.6 Å². The first kappa shape index (κ1) is 11.6. The fourth-order valence-electron chi connectivity index (χ4n) is 1.31. The summed E-state index contributed by atoms with van der Waals surface area (Å²) < 4.78 is 0. The monoisotopic (exact) mass is 213 g/mol. The lowest BCUT2D eigenvalue weighted by molar-refractivity contribution is 0.503. The zero-order valence-corrected chi connectivity index (χ0v) is 9.73. The van der Waals surface area contributed by atoms with E-state index in [1.807, 2.05) is 5.51 Å². The molecule has 80 valence electrons. The van der Waals surface area contributed by atoms with Crippen molar-refractivity contribution in [3.8, 4) is 0 Å². The number of aromatic nitrogens is 1. The molecule has 0 bridgehead atoms. The minimum Gasteiger partial charge on any atom is -0.314 e. The average molecular weight is 213 g/mol. The zero-order valence-electron chi connectivity index (χ0n) is 8.92. The van der Waals surface area contributed by atoms with Crippen molar-refractivity contribution in [2.75, 3.05) is 13.1 Å². The summed E-state index contributed by atoms with van der Waals surface area (Å²) in [6.45, 7) is 7.34. The Labute approximate surface area is 89.9 Å². The molecule has 0 saturated heterocycles. The first-order valence-corrected chi connectivity index (χ1v) is 6.08. The molecule has 0 saturated carbocycles. The van der Waals surface area contributed by atoms with Crippen molar-refractivity contribution in [2.45, 2.75) is 32.9 Å². The number of nitrogens with one attached hydrogen (secondary N) is 2. The predicted octanol–water partition coefficient (Wildman–Crippen LogP) is 1.62. The van der Waals surface area contributed by atoms with Crippen molar-refractivity contribution in [2.24, 2.45) is 0 Å². The Bertz CT molecular complexity index is 223. The molecule has 0 aliphatic rings. The number of thiazole rings is 1. The minimum absolute atomic E-state index is 0.600. The van der Waals surface area contributed by atoms with Gasteiger partial charge in [0, 0.05) is 18.0 Å². The summed E-state index contributed by atoms with van der Waals surface area (Å²) in [7, 11) is 0. The Kier molecular flexibility index (Phi) is 5.75. The van der Waals surface area contributed by atoms with Crippen molar-refractivity contribution < 1.29 is 0 Å². The molecule has 4 heteroatoms. The molecule has 14 heavy (non-hydrogen) atoms. The second kappa shape index (κ2) is 6.92. The molecule has 2 N–H and O–H groups in total. The van der Waals surface area contributed by atoms with Crippen LogP contribution in [0.1, 0.15) is 26.0 Å². The van der Waals surface area contributed by atoms with Gasteiger partial charge in [-0.25, -0.2) is 4.98 Å². The van der Waals surface area contributed by atoms with E-state index in [2.05, 4.69) is 34.8 Å². The van der Waals surface area contributed by atoms with E-state index in [9.17, 15) is 0 Å². The van der Waals surface area contributed by atoms with Crippen LogP contribution in [0.4, 0.5) is 0 Å². The van der Waals surface area contributed by atoms with Gasteiger partial charge in [0.25, 0.3) is 0 Å². The van der Waals surface area contributed by atoms with Gasteiger partial charge in [-0.2, -0.15) is 0 Å². The van der Waals surface area contributed by atoms with E-state index < -0.39 is 0 Å². The lowest BCUT2D eigenvalue weighted by Gasteiger charge is -2.11. The van der Waals surface area contributed by atoms with E-state index in [1.54, 1.807) is 11.3 Å². The van der Waals surface area contributed by atoms with E-state index in [0.717, 1.165) is 31.7 Å². The molecule has 3 nitrogen and oxygen atoms in total. The third kappa shape index (κ3) is 4.69. The fraction of sp³-hybridized carbons (Fsp3) is 0.700. The first-order chi connectivity index (χ1) is 6.83. The van der Waals surface area contributed by atoms with Gasteiger partial charge in [-0.3, -0.25) is 0 Å². The second-order valence-electron chi connectivity index (χ2n) is 3.40. The molecule has 0 amide bonds. The number of hydrogen-bond donors (Lipinski definition) is 2. The Morgan fingerprint density at radius 3 is 3.07 bits per heavy atom. The first-order valence-electron chi connectivity index (χ1n) is 5.14. The van der Waals surface area contributed by atoms with Crippen LogP contribution >= 0.6 is 11.3 Å². The molecule has 0 aromatic carbocycles. The summed E-state index contributed by atoms with van der Waals surface area (Å²) in [6.07, 6.45) is 1.16. The highest BCUT2D eigenvalue weighted by atomic mass is 32.1. The smallest absolute Gasteiger partial charge is 0.0795 e. The van der Waals surface area contributed by atoms with Crippen LogP contribution in [0.5, 0.6) is 0 Å². The standard InChI is InChI=1S/C10H19N3S/c1-3-12-9(2)4-5-11-6-10-7-14-8-13-10/h7-9,11-12H,3-6H2,1-2H3. The Morgan fingerprint density at radius 1 is 1.57 bits per heavy atom. The third-order valence-electron chi connectivity index (χ3n) is 2.10. The van der Waals surface area contributed by atoms with Crippen LogP contribution in [-0.4, -0.2) is 24.1 Å². The lowest BCUT2D eigenvalue weighted by Crippen LogP contribution is -2.29. The Hall–Kier alpha value is -0.450. The van der Waals surface area contributed by atoms with Crippen LogP contribution < -0.4 is 10.6 Å². The topological polar surface area (TPSA) is 37.0 Å². The van der Waals surface area contributed by atoms with E-state index in [1.165, 1.54) is 0 Å². The van der Waals surface area contributed by atoms with Gasteiger partial charge < -0.3 is 10.6 Å². The maximum absolute atomic E-state index is 4.21. The normalized spacial score (nSPS) is 13.0. The number of rotatable bonds is 7. The van der Waals surface area contributed by atoms with Crippen LogP contribution in [0.2, 0.25) is 0 Å². The van der Waals surface area contributed by atoms with Crippen LogP contribution in [0.25, 0.3) is 0 Å². The van der Waals surface area contributed by atoms with E-state index >= 15 is 0 Å². The zero-order chi connectivity index (χ0) is 10.2. The minimum atomic E-state index is 0.600. The molecule has 1 aromatic heterocycles. The summed E-state index contributed by atoms with van der Waals surface area (Å²) >= 11 is 1.65. The average Bonchev–Trinajstić information content (AvgIpc) is 2.65. The van der Waals surface area contributed by atoms with Gasteiger partial charge in [0.1, 0.15) is 0 Å². The summed E-state index contributed by atoms with van der Waals surface area (Å²) in [6, 6.07) is 0.600. The van der Waals surface area contributed by atoms with Crippen LogP contribution in [0.15, 0.2) is 10.9 Å². The molecule has 1 heterocycles. The van der Waals surface area contributed by atoms with Gasteiger partial charge in [0.15, 0.2) is 0 Å². The summed E-state index contributed by atoms with van der Waals surface area (Å²) in [5.41, 5.74) is 3.02. The summed E-state index contributed by atoms with van der Waals surface area (Å²) in [5.74, 6) is 0. The quantitative estimate of drug-likeness (QED) is 0.676. The largest absolute Gasteiger partial charge is 0.314 e. The lowest BCUT2D eigenvalue weighted by atomic mass is 10.2. The summed E-state index contributed by atoms with van der Waals surface area (Å²) in [5, 5.41) is 8.85. The maximum Gasteiger partial charge on any atom is 0.0795 e. The summed E-state index contributed by atoms with van der Waals surface area (Å²) in [4.78, 5) is 4.21. The van der Waals surface area contributed by atoms with Crippen LogP contribution in [-0.2, 0) is 6.54 Å². The van der Waals surface area contributed by atoms with Crippen molar-refractivity contribution >= 4 is 11.3 Å². The molecule has 1 aromatic rings. The van der Waals surface area contributed by atoms with Gasteiger partial charge in [0.05, 0.1) is 11.2 Å². The van der Waals surface area contributed by atoms with E-state index in [4.69, 9.17) is 0 Å². The predicted molar refractivity (Wildman–Crippen MR) is 61.6 cm³/mol. The maximum atomic E-state index is 4.21. The number of nitrogens with zero attached hydrogens (tertiary/aromatic N) is 1. The van der Waals surface area contributed by atoms with Gasteiger partial charge in [0.2, 0.25) is 0 Å². The van der Waals surface area contributed by atoms with Gasteiger partial charge in [-0.1, -0.05) is 6.92 Å². The van der Waals surface area contributed by atoms with Gasteiger partial charge >= 0.3 is 0 Å². The molecular weight excluding hydrogens is 194 g/mol. The van der Waals surface area contributed by atoms with Crippen LogP contribution in [0, 0.1) is 0 Å². The Morgan fingerprint density at radius 2 is 2.43 bits per heavy atom. The van der Waals surface area contributed by atoms with Crippen molar-refractivity contribution in [3.63, 3.8) is 0 Å². The molecular formula is C10H19N3S. The van der Waals surface area contributed by atoms with Crippen LogP contribution in [0.3, 0.4) is 0 Å².